The molecule has 0 unspecified atom stereocenters. The average molecular weight is 430 g/mol. The van der Waals surface area contributed by atoms with Crippen LogP contribution in [0.4, 0.5) is 10.5 Å². The molecule has 2 aliphatic rings. The average Bonchev–Trinajstić information content (AvgIpc) is 2.95. The third-order valence-electron chi connectivity index (χ3n) is 4.23. The molecule has 2 heterocycles. The molecule has 3 atom stereocenters. The molecule has 0 bridgehead atoms. The number of hydrogen-bond acceptors (Lipinski definition) is 5. The summed E-state index contributed by atoms with van der Waals surface area (Å²) in [5.41, 5.74) is 5.09. The summed E-state index contributed by atoms with van der Waals surface area (Å²) >= 11 is 4.44. The van der Waals surface area contributed by atoms with Gasteiger partial charge in [0.15, 0.2) is 0 Å². The highest BCUT2D eigenvalue weighted by Gasteiger charge is 2.57. The molecule has 1 saturated carbocycles. The molecule has 7 nitrogen and oxygen atoms in total. The maximum Gasteiger partial charge on any atom is 0.410 e. The molecule has 1 aliphatic carbocycles. The van der Waals surface area contributed by atoms with Crippen molar-refractivity contribution in [2.24, 2.45) is 17.6 Å². The van der Waals surface area contributed by atoms with Gasteiger partial charge in [0, 0.05) is 6.54 Å². The maximum atomic E-state index is 12.8. The number of nitrogens with two attached hydrogens (primary N) is 1. The van der Waals surface area contributed by atoms with Crippen molar-refractivity contribution in [2.45, 2.75) is 38.8 Å². The van der Waals surface area contributed by atoms with Crippen molar-refractivity contribution in [3.05, 3.63) is 14.7 Å². The molecule has 25 heavy (non-hydrogen) atoms. The Morgan fingerprint density at radius 3 is 2.68 bits per heavy atom. The first-order valence-electron chi connectivity index (χ1n) is 7.96. The molecule has 0 aromatic carbocycles. The Morgan fingerprint density at radius 1 is 1.40 bits per heavy atom. The molecular weight excluding hydrogens is 410 g/mol. The van der Waals surface area contributed by atoms with Crippen LogP contribution in [0, 0.1) is 11.8 Å². The van der Waals surface area contributed by atoms with Crippen LogP contribution < -0.4 is 11.1 Å². The number of likely N-dealkylation sites (tertiary alicyclic amines) is 1. The topological polar surface area (TPSA) is 102 Å². The van der Waals surface area contributed by atoms with Gasteiger partial charge in [-0.25, -0.2) is 4.79 Å². The summed E-state index contributed by atoms with van der Waals surface area (Å²) < 4.78 is 6.11. The van der Waals surface area contributed by atoms with Gasteiger partial charge in [0.1, 0.15) is 16.5 Å². The number of nitrogens with one attached hydrogen (secondary N) is 1. The number of primary amides is 1. The van der Waals surface area contributed by atoms with Gasteiger partial charge in [-0.2, -0.15) is 0 Å². The molecule has 3 N–H and O–H groups in total. The fourth-order valence-corrected chi connectivity index (χ4v) is 4.56. The van der Waals surface area contributed by atoms with Crippen molar-refractivity contribution in [3.63, 3.8) is 0 Å². The van der Waals surface area contributed by atoms with E-state index in [1.807, 2.05) is 0 Å². The van der Waals surface area contributed by atoms with E-state index in [1.165, 1.54) is 4.90 Å². The number of nitrogens with zero attached hydrogens (tertiary/aromatic N) is 1. The van der Waals surface area contributed by atoms with Gasteiger partial charge >= 0.3 is 6.09 Å². The lowest BCUT2D eigenvalue weighted by molar-refractivity contribution is -0.121. The number of amides is 3. The van der Waals surface area contributed by atoms with E-state index < -0.39 is 23.6 Å². The van der Waals surface area contributed by atoms with E-state index in [0.29, 0.717) is 21.9 Å². The Morgan fingerprint density at radius 2 is 2.08 bits per heavy atom. The normalized spacial score (nSPS) is 24.6. The van der Waals surface area contributed by atoms with E-state index in [1.54, 1.807) is 26.8 Å². The van der Waals surface area contributed by atoms with Crippen molar-refractivity contribution >= 4 is 50.9 Å². The lowest BCUT2D eigenvalue weighted by atomic mass is 10.1. The molecular formula is C16H20BrN3O4S. The second-order valence-electron chi connectivity index (χ2n) is 7.38. The number of hydrogen-bond donors (Lipinski definition) is 2. The minimum absolute atomic E-state index is 0.145. The summed E-state index contributed by atoms with van der Waals surface area (Å²) in [6.07, 6.45) is 0.439. The van der Waals surface area contributed by atoms with Gasteiger partial charge < -0.3 is 15.8 Å². The van der Waals surface area contributed by atoms with E-state index >= 15 is 0 Å². The van der Waals surface area contributed by atoms with Crippen LogP contribution in [0.2, 0.25) is 0 Å². The highest BCUT2D eigenvalue weighted by atomic mass is 79.9. The molecule has 1 aliphatic heterocycles. The Balaban J connectivity index is 1.76. The fraction of sp³-hybridized carbons (Fsp3) is 0.562. The molecule has 0 radical (unpaired) electrons. The largest absolute Gasteiger partial charge is 0.444 e. The Kier molecular flexibility index (Phi) is 4.57. The number of rotatable bonds is 3. The van der Waals surface area contributed by atoms with Gasteiger partial charge in [0.2, 0.25) is 5.91 Å². The maximum absolute atomic E-state index is 12.8. The number of fused-ring (bicyclic) bond motifs is 1. The zero-order chi connectivity index (χ0) is 18.5. The summed E-state index contributed by atoms with van der Waals surface area (Å²) in [6, 6.07) is 1.05. The molecule has 0 spiro atoms. The van der Waals surface area contributed by atoms with Gasteiger partial charge in [-0.05, 0) is 61.0 Å². The SMILES string of the molecule is CC(C)(C)OC(=O)N1C[C@@H]2C[C@@H]2[C@H]1C(=O)Nc1cc(Br)sc1C(N)=O. The van der Waals surface area contributed by atoms with Crippen LogP contribution in [0.5, 0.6) is 0 Å². The highest BCUT2D eigenvalue weighted by Crippen LogP contribution is 2.50. The molecule has 3 rings (SSSR count). The van der Waals surface area contributed by atoms with Crippen molar-refractivity contribution < 1.29 is 19.1 Å². The third kappa shape index (κ3) is 3.82. The number of carbonyl (C=O) groups excluding carboxylic acids is 3. The number of carbonyl (C=O) groups is 3. The van der Waals surface area contributed by atoms with E-state index in [9.17, 15) is 14.4 Å². The summed E-state index contributed by atoms with van der Waals surface area (Å²) in [5, 5.41) is 2.75. The zero-order valence-electron chi connectivity index (χ0n) is 14.2. The first-order valence-corrected chi connectivity index (χ1v) is 9.57. The van der Waals surface area contributed by atoms with Crippen LogP contribution in [0.1, 0.15) is 36.9 Å². The Bertz CT molecular complexity index is 742. The quantitative estimate of drug-likeness (QED) is 0.770. The molecule has 1 aromatic rings. The Hall–Kier alpha value is -1.61. The zero-order valence-corrected chi connectivity index (χ0v) is 16.6. The first kappa shape index (κ1) is 18.2. The molecule has 9 heteroatoms. The summed E-state index contributed by atoms with van der Waals surface area (Å²) in [7, 11) is 0. The van der Waals surface area contributed by atoms with E-state index in [-0.39, 0.29) is 16.7 Å². The van der Waals surface area contributed by atoms with Gasteiger partial charge in [0.05, 0.1) is 9.47 Å². The highest BCUT2D eigenvalue weighted by molar-refractivity contribution is 9.11. The van der Waals surface area contributed by atoms with Crippen LogP contribution in [-0.4, -0.2) is 41.0 Å². The number of thiophene rings is 1. The van der Waals surface area contributed by atoms with Crippen LogP contribution in [0.25, 0.3) is 0 Å². The minimum atomic E-state index is -0.623. The molecule has 136 valence electrons. The fourth-order valence-electron chi connectivity index (χ4n) is 3.15. The molecule has 1 saturated heterocycles. The van der Waals surface area contributed by atoms with E-state index in [0.717, 1.165) is 17.8 Å². The van der Waals surface area contributed by atoms with E-state index in [2.05, 4.69) is 21.2 Å². The van der Waals surface area contributed by atoms with Crippen LogP contribution in [0.15, 0.2) is 9.85 Å². The molecule has 2 fully saturated rings. The number of halogens is 1. The van der Waals surface area contributed by atoms with Crippen molar-refractivity contribution in [3.8, 4) is 0 Å². The summed E-state index contributed by atoms with van der Waals surface area (Å²) in [6.45, 7) is 5.89. The van der Waals surface area contributed by atoms with Crippen molar-refractivity contribution in [1.29, 1.82) is 0 Å². The van der Waals surface area contributed by atoms with Crippen molar-refractivity contribution in [2.75, 3.05) is 11.9 Å². The number of anilines is 1. The van der Waals surface area contributed by atoms with Crippen LogP contribution >= 0.6 is 27.3 Å². The van der Waals surface area contributed by atoms with Gasteiger partial charge in [-0.1, -0.05) is 0 Å². The summed E-state index contributed by atoms with van der Waals surface area (Å²) in [4.78, 5) is 38.5. The number of ether oxygens (including phenoxy) is 1. The monoisotopic (exact) mass is 429 g/mol. The molecule has 1 aromatic heterocycles. The first-order chi connectivity index (χ1) is 11.6. The van der Waals surface area contributed by atoms with Crippen LogP contribution in [-0.2, 0) is 9.53 Å². The smallest absolute Gasteiger partial charge is 0.410 e. The minimum Gasteiger partial charge on any atom is -0.444 e. The predicted octanol–water partition coefficient (Wildman–Crippen LogP) is 2.80. The second-order valence-corrected chi connectivity index (χ2v) is 9.82. The van der Waals surface area contributed by atoms with Gasteiger partial charge in [-0.15, -0.1) is 11.3 Å². The van der Waals surface area contributed by atoms with Crippen molar-refractivity contribution in [1.82, 2.24) is 4.90 Å². The lowest BCUT2D eigenvalue weighted by Crippen LogP contribution is -2.47. The third-order valence-corrected chi connectivity index (χ3v) is 5.88. The predicted molar refractivity (Wildman–Crippen MR) is 97.5 cm³/mol. The van der Waals surface area contributed by atoms with Gasteiger partial charge in [0.25, 0.3) is 5.91 Å². The van der Waals surface area contributed by atoms with Gasteiger partial charge in [-0.3, -0.25) is 14.5 Å². The van der Waals surface area contributed by atoms with E-state index in [4.69, 9.17) is 10.5 Å². The second kappa shape index (κ2) is 6.28. The number of piperidine rings is 1. The summed E-state index contributed by atoms with van der Waals surface area (Å²) in [5.74, 6) is -0.436. The molecule has 3 amide bonds. The lowest BCUT2D eigenvalue weighted by Gasteiger charge is -2.29. The Labute approximate surface area is 158 Å². The van der Waals surface area contributed by atoms with Crippen LogP contribution in [0.3, 0.4) is 0 Å². The standard InChI is InChI=1S/C16H20BrN3O4S/c1-16(2,3)24-15(23)20-6-7-4-8(7)11(20)14(22)19-9-5-10(17)25-12(9)13(18)21/h5,7-8,11H,4,6H2,1-3H3,(H2,18,21)(H,19,22)/t7-,8-,11-/m0/s1.